The second-order valence-electron chi connectivity index (χ2n) is 9.91. The lowest BCUT2D eigenvalue weighted by molar-refractivity contribution is 0.401. The fourth-order valence-corrected chi connectivity index (χ4v) is 4.62. The number of rotatable bonds is 25. The standard InChI is InChI=1S/C30H60/c1-4-7-9-10-11-12-13-14-15-16-17-18-19-20-21-22-23-24-25-27-29-30(6-3)28-26-8-5-2/h22-23,30H,4-21,24-29H2,1-3H3. The van der Waals surface area contributed by atoms with Crippen molar-refractivity contribution in [2.45, 2.75) is 175 Å². The maximum atomic E-state index is 2.46. The Morgan fingerprint density at radius 1 is 0.400 bits per heavy atom. The van der Waals surface area contributed by atoms with E-state index in [9.17, 15) is 0 Å². The van der Waals surface area contributed by atoms with Crippen molar-refractivity contribution in [3.05, 3.63) is 12.2 Å². The molecule has 0 saturated carbocycles. The smallest absolute Gasteiger partial charge is 0.0351 e. The van der Waals surface area contributed by atoms with Crippen LogP contribution in [0.2, 0.25) is 0 Å². The van der Waals surface area contributed by atoms with Crippen molar-refractivity contribution in [1.29, 1.82) is 0 Å². The normalized spacial score (nSPS) is 12.8. The lowest BCUT2D eigenvalue weighted by atomic mass is 9.93. The molecule has 0 bridgehead atoms. The first-order valence-electron chi connectivity index (χ1n) is 14.5. The van der Waals surface area contributed by atoms with Gasteiger partial charge < -0.3 is 0 Å². The van der Waals surface area contributed by atoms with E-state index in [-0.39, 0.29) is 0 Å². The highest BCUT2D eigenvalue weighted by molar-refractivity contribution is 4.81. The van der Waals surface area contributed by atoms with E-state index < -0.39 is 0 Å². The second kappa shape index (κ2) is 26.8. The molecule has 0 rings (SSSR count). The van der Waals surface area contributed by atoms with Crippen LogP contribution >= 0.6 is 0 Å². The van der Waals surface area contributed by atoms with Crippen molar-refractivity contribution in [2.75, 3.05) is 0 Å². The van der Waals surface area contributed by atoms with E-state index in [1.54, 1.807) is 0 Å². The summed E-state index contributed by atoms with van der Waals surface area (Å²) in [5.41, 5.74) is 0. The summed E-state index contributed by atoms with van der Waals surface area (Å²) < 4.78 is 0. The molecule has 180 valence electrons. The molecule has 0 N–H and O–H groups in total. The third-order valence-electron chi connectivity index (χ3n) is 6.92. The van der Waals surface area contributed by atoms with E-state index in [2.05, 4.69) is 32.9 Å². The fraction of sp³-hybridized carbons (Fsp3) is 0.933. The Morgan fingerprint density at radius 2 is 0.733 bits per heavy atom. The molecule has 30 heavy (non-hydrogen) atoms. The van der Waals surface area contributed by atoms with E-state index in [1.807, 2.05) is 0 Å². The third-order valence-corrected chi connectivity index (χ3v) is 6.92. The van der Waals surface area contributed by atoms with Gasteiger partial charge >= 0.3 is 0 Å². The van der Waals surface area contributed by atoms with Crippen LogP contribution in [0, 0.1) is 5.92 Å². The monoisotopic (exact) mass is 420 g/mol. The Labute approximate surface area is 193 Å². The summed E-state index contributed by atoms with van der Waals surface area (Å²) in [6.07, 6.45) is 39.3. The highest BCUT2D eigenvalue weighted by atomic mass is 14.1. The van der Waals surface area contributed by atoms with Crippen LogP contribution in [0.4, 0.5) is 0 Å². The summed E-state index contributed by atoms with van der Waals surface area (Å²) in [4.78, 5) is 0. The van der Waals surface area contributed by atoms with Crippen molar-refractivity contribution in [1.82, 2.24) is 0 Å². The van der Waals surface area contributed by atoms with Gasteiger partial charge in [-0.3, -0.25) is 0 Å². The van der Waals surface area contributed by atoms with Crippen molar-refractivity contribution in [3.8, 4) is 0 Å². The van der Waals surface area contributed by atoms with Crippen LogP contribution in [0.5, 0.6) is 0 Å². The first kappa shape index (κ1) is 29.7. The lowest BCUT2D eigenvalue weighted by Gasteiger charge is -2.13. The molecule has 0 amide bonds. The molecule has 0 aromatic heterocycles. The first-order valence-corrected chi connectivity index (χ1v) is 14.5. The minimum atomic E-state index is 0.996. The van der Waals surface area contributed by atoms with Gasteiger partial charge in [0, 0.05) is 0 Å². The number of hydrogen-bond acceptors (Lipinski definition) is 0. The molecule has 0 nitrogen and oxygen atoms in total. The van der Waals surface area contributed by atoms with Gasteiger partial charge in [-0.05, 0) is 31.6 Å². The predicted molar refractivity (Wildman–Crippen MR) is 140 cm³/mol. The summed E-state index contributed by atoms with van der Waals surface area (Å²) in [5, 5.41) is 0. The molecule has 0 aromatic carbocycles. The SMILES string of the molecule is CCCCCCCCCCCCCCCCC=CCCCCC(CC)CCCCC. The van der Waals surface area contributed by atoms with E-state index in [0.29, 0.717) is 0 Å². The van der Waals surface area contributed by atoms with Crippen LogP contribution < -0.4 is 0 Å². The van der Waals surface area contributed by atoms with Crippen LogP contribution in [0.15, 0.2) is 12.2 Å². The van der Waals surface area contributed by atoms with E-state index in [1.165, 1.54) is 154 Å². The highest BCUT2D eigenvalue weighted by Crippen LogP contribution is 2.20. The average molecular weight is 421 g/mol. The minimum Gasteiger partial charge on any atom is -0.0885 e. The Kier molecular flexibility index (Phi) is 26.5. The van der Waals surface area contributed by atoms with Gasteiger partial charge in [0.1, 0.15) is 0 Å². The molecule has 0 aliphatic rings. The first-order chi connectivity index (χ1) is 14.8. The molecule has 1 atom stereocenters. The second-order valence-corrected chi connectivity index (χ2v) is 9.91. The molecule has 0 saturated heterocycles. The Hall–Kier alpha value is -0.260. The molecule has 0 aliphatic heterocycles. The summed E-state index contributed by atoms with van der Waals surface area (Å²) >= 11 is 0. The average Bonchev–Trinajstić information content (AvgIpc) is 2.76. The zero-order chi connectivity index (χ0) is 22.0. The fourth-order valence-electron chi connectivity index (χ4n) is 4.62. The topological polar surface area (TPSA) is 0 Å². The molecule has 0 heteroatoms. The van der Waals surface area contributed by atoms with Gasteiger partial charge in [0.25, 0.3) is 0 Å². The van der Waals surface area contributed by atoms with Gasteiger partial charge in [0.2, 0.25) is 0 Å². The lowest BCUT2D eigenvalue weighted by Crippen LogP contribution is -1.98. The van der Waals surface area contributed by atoms with Crippen LogP contribution in [0.25, 0.3) is 0 Å². The van der Waals surface area contributed by atoms with Crippen molar-refractivity contribution in [3.63, 3.8) is 0 Å². The molecule has 0 spiro atoms. The van der Waals surface area contributed by atoms with Gasteiger partial charge in [0.15, 0.2) is 0 Å². The van der Waals surface area contributed by atoms with Crippen molar-refractivity contribution in [2.24, 2.45) is 5.92 Å². The zero-order valence-electron chi connectivity index (χ0n) is 21.7. The molecule has 0 aliphatic carbocycles. The van der Waals surface area contributed by atoms with Gasteiger partial charge in [-0.2, -0.15) is 0 Å². The largest absolute Gasteiger partial charge is 0.0885 e. The van der Waals surface area contributed by atoms with Crippen molar-refractivity contribution < 1.29 is 0 Å². The Balaban J connectivity index is 3.21. The summed E-state index contributed by atoms with van der Waals surface area (Å²) in [6.45, 7) is 7.00. The molecule has 0 heterocycles. The molecular weight excluding hydrogens is 360 g/mol. The quantitative estimate of drug-likeness (QED) is 0.102. The van der Waals surface area contributed by atoms with Crippen molar-refractivity contribution >= 4 is 0 Å². The molecule has 0 fully saturated rings. The van der Waals surface area contributed by atoms with E-state index in [4.69, 9.17) is 0 Å². The Bertz CT molecular complexity index is 316. The summed E-state index contributed by atoms with van der Waals surface area (Å²) in [7, 11) is 0. The summed E-state index contributed by atoms with van der Waals surface area (Å²) in [5.74, 6) is 0.996. The molecule has 0 aromatic rings. The summed E-state index contributed by atoms with van der Waals surface area (Å²) in [6, 6.07) is 0. The zero-order valence-corrected chi connectivity index (χ0v) is 21.7. The number of allylic oxidation sites excluding steroid dienone is 2. The molecular formula is C30H60. The number of unbranched alkanes of at least 4 members (excludes halogenated alkanes) is 18. The van der Waals surface area contributed by atoms with Gasteiger partial charge in [0.05, 0.1) is 0 Å². The predicted octanol–water partition coefficient (Wildman–Crippen LogP) is 11.6. The maximum absolute atomic E-state index is 2.46. The third kappa shape index (κ3) is 24.0. The molecule has 1 unspecified atom stereocenters. The van der Waals surface area contributed by atoms with Gasteiger partial charge in [-0.15, -0.1) is 0 Å². The maximum Gasteiger partial charge on any atom is -0.0351 e. The van der Waals surface area contributed by atoms with Gasteiger partial charge in [-0.25, -0.2) is 0 Å². The Morgan fingerprint density at radius 3 is 1.17 bits per heavy atom. The van der Waals surface area contributed by atoms with Crippen LogP contribution in [-0.2, 0) is 0 Å². The van der Waals surface area contributed by atoms with E-state index in [0.717, 1.165) is 5.92 Å². The van der Waals surface area contributed by atoms with Gasteiger partial charge in [-0.1, -0.05) is 161 Å². The van der Waals surface area contributed by atoms with Crippen LogP contribution in [0.3, 0.4) is 0 Å². The van der Waals surface area contributed by atoms with Crippen LogP contribution in [0.1, 0.15) is 175 Å². The minimum absolute atomic E-state index is 0.996. The van der Waals surface area contributed by atoms with E-state index >= 15 is 0 Å². The van der Waals surface area contributed by atoms with Crippen LogP contribution in [-0.4, -0.2) is 0 Å². The number of hydrogen-bond donors (Lipinski definition) is 0. The highest BCUT2D eigenvalue weighted by Gasteiger charge is 2.05. The molecule has 0 radical (unpaired) electrons.